The van der Waals surface area contributed by atoms with Gasteiger partial charge in [-0.1, -0.05) is 137 Å². The summed E-state index contributed by atoms with van der Waals surface area (Å²) in [6.07, 6.45) is 37.5. The van der Waals surface area contributed by atoms with Gasteiger partial charge in [0.15, 0.2) is 6.10 Å². The van der Waals surface area contributed by atoms with E-state index >= 15 is 0 Å². The lowest BCUT2D eigenvalue weighted by Crippen LogP contribution is -2.29. The maximum absolute atomic E-state index is 12.7. The van der Waals surface area contributed by atoms with Crippen LogP contribution < -0.4 is 0 Å². The van der Waals surface area contributed by atoms with Gasteiger partial charge >= 0.3 is 19.8 Å². The lowest BCUT2D eigenvalue weighted by Gasteiger charge is -2.20. The maximum atomic E-state index is 12.7. The molecular formula is C48H77O13P. The first kappa shape index (κ1) is 56.8. The van der Waals surface area contributed by atoms with E-state index in [1.165, 1.54) is 0 Å². The van der Waals surface area contributed by atoms with Crippen molar-refractivity contribution in [2.24, 2.45) is 11.8 Å². The number of rotatable bonds is 37. The maximum Gasteiger partial charge on any atom is 0.472 e. The number of carbonyl (C=O) groups excluding carboxylic acids is 3. The van der Waals surface area contributed by atoms with Gasteiger partial charge in [-0.2, -0.15) is 0 Å². The largest absolute Gasteiger partial charge is 0.472 e. The Morgan fingerprint density at radius 3 is 1.92 bits per heavy atom. The first-order valence-electron chi connectivity index (χ1n) is 22.6. The molecule has 62 heavy (non-hydrogen) atoms. The number of allylic oxidation sites excluding steroid dienone is 13. The van der Waals surface area contributed by atoms with E-state index in [-0.39, 0.29) is 31.0 Å². The van der Waals surface area contributed by atoms with Crippen LogP contribution in [0.4, 0.5) is 0 Å². The Labute approximate surface area is 371 Å². The van der Waals surface area contributed by atoms with Crippen molar-refractivity contribution in [1.29, 1.82) is 0 Å². The summed E-state index contributed by atoms with van der Waals surface area (Å²) in [5, 5.41) is 39.2. The third kappa shape index (κ3) is 30.7. The molecule has 7 atom stereocenters. The van der Waals surface area contributed by atoms with Crippen LogP contribution in [0.15, 0.2) is 85.1 Å². The highest BCUT2D eigenvalue weighted by molar-refractivity contribution is 7.47. The number of phosphoric acid groups is 1. The number of ether oxygens (including phenoxy) is 2. The van der Waals surface area contributed by atoms with Gasteiger partial charge in [-0.15, -0.1) is 0 Å². The zero-order chi connectivity index (χ0) is 45.7. The zero-order valence-electron chi connectivity index (χ0n) is 37.3. The van der Waals surface area contributed by atoms with Gasteiger partial charge in [0, 0.05) is 25.2 Å². The minimum Gasteiger partial charge on any atom is -0.462 e. The molecule has 1 unspecified atom stereocenters. The van der Waals surface area contributed by atoms with Crippen LogP contribution in [-0.4, -0.2) is 93.9 Å². The van der Waals surface area contributed by atoms with Crippen molar-refractivity contribution in [2.75, 3.05) is 26.4 Å². The van der Waals surface area contributed by atoms with Gasteiger partial charge in [0.1, 0.15) is 18.5 Å². The summed E-state index contributed by atoms with van der Waals surface area (Å²) in [5.41, 5.74) is 0. The number of aliphatic hydroxyl groups excluding tert-OH is 4. The molecule has 0 spiro atoms. The number of ketones is 1. The van der Waals surface area contributed by atoms with Gasteiger partial charge in [-0.3, -0.25) is 23.4 Å². The van der Waals surface area contributed by atoms with Crippen LogP contribution in [-0.2, 0) is 37.5 Å². The zero-order valence-corrected chi connectivity index (χ0v) is 38.2. The highest BCUT2D eigenvalue weighted by atomic mass is 31.2. The Morgan fingerprint density at radius 1 is 0.742 bits per heavy atom. The number of hydrogen-bond donors (Lipinski definition) is 5. The Morgan fingerprint density at radius 2 is 1.32 bits per heavy atom. The van der Waals surface area contributed by atoms with Crippen molar-refractivity contribution < 1.29 is 62.8 Å². The topological polar surface area (TPSA) is 206 Å². The Bertz CT molecular complexity index is 1470. The molecule has 1 aliphatic rings. The van der Waals surface area contributed by atoms with Crippen LogP contribution in [0.3, 0.4) is 0 Å². The second-order valence-corrected chi connectivity index (χ2v) is 16.9. The van der Waals surface area contributed by atoms with E-state index in [0.717, 1.165) is 64.2 Å². The monoisotopic (exact) mass is 893 g/mol. The van der Waals surface area contributed by atoms with E-state index in [1.807, 2.05) is 18.2 Å². The van der Waals surface area contributed by atoms with Crippen molar-refractivity contribution >= 4 is 25.5 Å². The van der Waals surface area contributed by atoms with Gasteiger partial charge in [-0.05, 0) is 70.1 Å². The number of hydrogen-bond acceptors (Lipinski definition) is 12. The minimum atomic E-state index is -4.71. The third-order valence-electron chi connectivity index (χ3n) is 9.95. The van der Waals surface area contributed by atoms with E-state index in [2.05, 4.69) is 73.1 Å². The lowest BCUT2D eigenvalue weighted by molar-refractivity contribution is -0.161. The molecule has 1 saturated carbocycles. The normalized spacial score (nSPS) is 19.9. The molecule has 5 N–H and O–H groups in total. The van der Waals surface area contributed by atoms with Crippen LogP contribution in [0.1, 0.15) is 136 Å². The highest BCUT2D eigenvalue weighted by Gasteiger charge is 2.39. The quantitative estimate of drug-likeness (QED) is 0.0171. The number of phosphoric ester groups is 1. The number of esters is 2. The van der Waals surface area contributed by atoms with Crippen LogP contribution in [0.5, 0.6) is 0 Å². The second-order valence-electron chi connectivity index (χ2n) is 15.5. The molecule has 0 radical (unpaired) electrons. The molecule has 0 heterocycles. The molecule has 0 aromatic heterocycles. The lowest BCUT2D eigenvalue weighted by atomic mass is 9.88. The highest BCUT2D eigenvalue weighted by Crippen LogP contribution is 2.43. The molecule has 352 valence electrons. The second kappa shape index (κ2) is 37.1. The fourth-order valence-electron chi connectivity index (χ4n) is 6.45. The summed E-state index contributed by atoms with van der Waals surface area (Å²) < 4.78 is 32.7. The van der Waals surface area contributed by atoms with Crippen molar-refractivity contribution in [3.63, 3.8) is 0 Å². The number of Topliss-reactive ketones (excluding diaryl/α,β-unsaturated/α-hetero) is 1. The van der Waals surface area contributed by atoms with E-state index in [0.29, 0.717) is 38.5 Å². The standard InChI is InChI=1S/C48H77O13P/c1-3-5-7-8-9-10-11-12-13-14-15-16-17-18-19-20-21-22-27-31-47(54)58-38-42(39-60-62(56,57)59-37-41(51)36-49)61-48(55)32-28-24-23-26-30-43-44(46(53)35-45(43)52)34-33-40(50)29-25-6-4-2/h5,7,9-10,12-13,15-16,18-19,21-22,33-34,40-45,49-52H,3-4,6,8,11,14,17,20,23-32,35-39H2,1-2H3,(H,56,57)/b7-5-,10-9-,13-12-,16-15-,19-18-,22-21-,34-33+/t40-,41-,42+,43+,44+,45-/m0/s1. The van der Waals surface area contributed by atoms with E-state index in [9.17, 15) is 39.2 Å². The summed E-state index contributed by atoms with van der Waals surface area (Å²) >= 11 is 0. The van der Waals surface area contributed by atoms with E-state index in [1.54, 1.807) is 12.2 Å². The molecule has 13 nitrogen and oxygen atoms in total. The SMILES string of the molecule is CC/C=C\C/C=C\C/C=C\C/C=C\C/C=C\C/C=C\CCC(=O)OC[C@H](COP(=O)(O)OC[C@@H](O)CO)OC(=O)CCCCCC[C@H]1[C@@H](O)CC(=O)[C@@H]1/C=C/[C@@H](O)CCCCC. The molecule has 0 amide bonds. The van der Waals surface area contributed by atoms with Crippen LogP contribution >= 0.6 is 7.82 Å². The Hall–Kier alpha value is -3.26. The molecule has 0 saturated heterocycles. The van der Waals surface area contributed by atoms with Crippen molar-refractivity contribution in [3.8, 4) is 0 Å². The smallest absolute Gasteiger partial charge is 0.462 e. The van der Waals surface area contributed by atoms with Gasteiger partial charge < -0.3 is 34.8 Å². The fraction of sp³-hybridized carbons (Fsp3) is 0.646. The number of carbonyl (C=O) groups is 3. The summed E-state index contributed by atoms with van der Waals surface area (Å²) in [7, 11) is -4.71. The molecule has 0 aromatic carbocycles. The first-order chi connectivity index (χ1) is 29.9. The predicted molar refractivity (Wildman–Crippen MR) is 243 cm³/mol. The van der Waals surface area contributed by atoms with Crippen molar-refractivity contribution in [2.45, 2.75) is 160 Å². The predicted octanol–water partition coefficient (Wildman–Crippen LogP) is 8.81. The molecule has 0 aromatic rings. The summed E-state index contributed by atoms with van der Waals surface area (Å²) in [4.78, 5) is 47.8. The molecule has 1 fully saturated rings. The molecular weight excluding hydrogens is 815 g/mol. The van der Waals surface area contributed by atoms with Gasteiger partial charge in [0.05, 0.1) is 32.0 Å². The number of unbranched alkanes of at least 4 members (excludes halogenated alkanes) is 5. The third-order valence-corrected chi connectivity index (χ3v) is 10.9. The fourth-order valence-corrected chi connectivity index (χ4v) is 7.24. The van der Waals surface area contributed by atoms with Gasteiger partial charge in [0.25, 0.3) is 0 Å². The van der Waals surface area contributed by atoms with Crippen LogP contribution in [0.25, 0.3) is 0 Å². The van der Waals surface area contributed by atoms with E-state index in [4.69, 9.17) is 19.1 Å². The average Bonchev–Trinajstić information content (AvgIpc) is 3.52. The summed E-state index contributed by atoms with van der Waals surface area (Å²) in [6.45, 7) is 1.79. The van der Waals surface area contributed by atoms with Crippen molar-refractivity contribution in [1.82, 2.24) is 0 Å². The van der Waals surface area contributed by atoms with E-state index < -0.39 is 76.5 Å². The van der Waals surface area contributed by atoms with Crippen molar-refractivity contribution in [3.05, 3.63) is 85.1 Å². The first-order valence-corrected chi connectivity index (χ1v) is 24.1. The molecule has 14 heteroatoms. The number of aliphatic hydroxyl groups is 4. The Kier molecular flexibility index (Phi) is 34.0. The molecule has 0 bridgehead atoms. The Balaban J connectivity index is 2.48. The minimum absolute atomic E-state index is 0.0227. The summed E-state index contributed by atoms with van der Waals surface area (Å²) in [5.74, 6) is -1.86. The molecule has 0 aliphatic heterocycles. The average molecular weight is 893 g/mol. The summed E-state index contributed by atoms with van der Waals surface area (Å²) in [6, 6.07) is 0. The van der Waals surface area contributed by atoms with Crippen LogP contribution in [0.2, 0.25) is 0 Å². The molecule has 1 rings (SSSR count). The van der Waals surface area contributed by atoms with Gasteiger partial charge in [-0.25, -0.2) is 4.57 Å². The van der Waals surface area contributed by atoms with Gasteiger partial charge in [0.2, 0.25) is 0 Å². The molecule has 1 aliphatic carbocycles. The van der Waals surface area contributed by atoms with Crippen LogP contribution in [0, 0.1) is 11.8 Å².